The Hall–Kier alpha value is -0.450. The van der Waals surface area contributed by atoms with Crippen molar-refractivity contribution in [3.8, 4) is 0 Å². The highest BCUT2D eigenvalue weighted by molar-refractivity contribution is 7.11. The lowest BCUT2D eigenvalue weighted by Crippen LogP contribution is -2.37. The fraction of sp³-hybridized carbons (Fsp3) is 0.800. The highest BCUT2D eigenvalue weighted by atomic mass is 32.1. The van der Waals surface area contributed by atoms with E-state index in [1.165, 1.54) is 60.9 Å². The summed E-state index contributed by atoms with van der Waals surface area (Å²) in [6.07, 6.45) is 5.51. The second-order valence-corrected chi connectivity index (χ2v) is 7.44. The van der Waals surface area contributed by atoms with E-state index in [9.17, 15) is 0 Å². The SMILES string of the molecule is Cc1nc(CN2CCC(CNC3CC3)CC2)sc1C. The monoisotopic (exact) mass is 279 g/mol. The molecule has 0 atom stereocenters. The van der Waals surface area contributed by atoms with E-state index in [1.807, 2.05) is 11.3 Å². The highest BCUT2D eigenvalue weighted by Gasteiger charge is 2.24. The number of likely N-dealkylation sites (tertiary alicyclic amines) is 1. The Balaban J connectivity index is 1.41. The summed E-state index contributed by atoms with van der Waals surface area (Å²) in [4.78, 5) is 8.60. The van der Waals surface area contributed by atoms with E-state index in [4.69, 9.17) is 0 Å². The molecule has 1 aliphatic carbocycles. The number of nitrogens with zero attached hydrogens (tertiary/aromatic N) is 2. The van der Waals surface area contributed by atoms with Crippen LogP contribution < -0.4 is 5.32 Å². The third kappa shape index (κ3) is 3.77. The number of aromatic nitrogens is 1. The minimum absolute atomic E-state index is 0.860. The van der Waals surface area contributed by atoms with Gasteiger partial charge >= 0.3 is 0 Å². The number of piperidine rings is 1. The van der Waals surface area contributed by atoms with Gasteiger partial charge in [0.2, 0.25) is 0 Å². The van der Waals surface area contributed by atoms with Gasteiger partial charge in [-0.2, -0.15) is 0 Å². The van der Waals surface area contributed by atoms with E-state index in [2.05, 4.69) is 29.0 Å². The van der Waals surface area contributed by atoms with Gasteiger partial charge in [0.1, 0.15) is 5.01 Å². The van der Waals surface area contributed by atoms with Gasteiger partial charge in [-0.15, -0.1) is 11.3 Å². The molecule has 3 nitrogen and oxygen atoms in total. The van der Waals surface area contributed by atoms with E-state index >= 15 is 0 Å². The molecule has 1 saturated carbocycles. The standard InChI is InChI=1S/C15H25N3S/c1-11-12(2)19-15(17-11)10-18-7-5-13(6-8-18)9-16-14-3-4-14/h13-14,16H,3-10H2,1-2H3. The number of aryl methyl sites for hydroxylation is 2. The first-order valence-electron chi connectivity index (χ1n) is 7.59. The molecule has 0 radical (unpaired) electrons. The molecule has 0 amide bonds. The van der Waals surface area contributed by atoms with E-state index in [0.717, 1.165) is 18.5 Å². The molecule has 0 aromatic carbocycles. The van der Waals surface area contributed by atoms with Gasteiger partial charge in [0.05, 0.1) is 12.2 Å². The van der Waals surface area contributed by atoms with E-state index in [0.29, 0.717) is 0 Å². The number of hydrogen-bond acceptors (Lipinski definition) is 4. The highest BCUT2D eigenvalue weighted by Crippen LogP contribution is 2.24. The Morgan fingerprint density at radius 1 is 1.21 bits per heavy atom. The topological polar surface area (TPSA) is 28.2 Å². The first kappa shape index (κ1) is 13.5. The Morgan fingerprint density at radius 2 is 1.95 bits per heavy atom. The summed E-state index contributed by atoms with van der Waals surface area (Å²) in [6.45, 7) is 9.08. The average molecular weight is 279 g/mol. The molecule has 3 rings (SSSR count). The minimum atomic E-state index is 0.860. The summed E-state index contributed by atoms with van der Waals surface area (Å²) in [6, 6.07) is 0.860. The van der Waals surface area contributed by atoms with Gasteiger partial charge in [-0.25, -0.2) is 4.98 Å². The zero-order valence-electron chi connectivity index (χ0n) is 12.1. The lowest BCUT2D eigenvalue weighted by atomic mass is 9.97. The minimum Gasteiger partial charge on any atom is -0.314 e. The van der Waals surface area contributed by atoms with Gasteiger partial charge in [0, 0.05) is 10.9 Å². The number of nitrogens with one attached hydrogen (secondary N) is 1. The van der Waals surface area contributed by atoms with Crippen LogP contribution >= 0.6 is 11.3 Å². The van der Waals surface area contributed by atoms with E-state index in [-0.39, 0.29) is 0 Å². The maximum Gasteiger partial charge on any atom is 0.107 e. The lowest BCUT2D eigenvalue weighted by Gasteiger charge is -2.31. The largest absolute Gasteiger partial charge is 0.314 e. The van der Waals surface area contributed by atoms with Crippen molar-refractivity contribution < 1.29 is 0 Å². The second-order valence-electron chi connectivity index (χ2n) is 6.15. The molecule has 1 aliphatic heterocycles. The number of thiazole rings is 1. The molecule has 0 bridgehead atoms. The van der Waals surface area contributed by atoms with Gasteiger partial charge in [0.25, 0.3) is 0 Å². The van der Waals surface area contributed by atoms with Crippen LogP contribution in [0.4, 0.5) is 0 Å². The first-order chi connectivity index (χ1) is 9.20. The summed E-state index contributed by atoms with van der Waals surface area (Å²) in [5.74, 6) is 0.900. The fourth-order valence-electron chi connectivity index (χ4n) is 2.77. The molecular weight excluding hydrogens is 254 g/mol. The first-order valence-corrected chi connectivity index (χ1v) is 8.41. The van der Waals surface area contributed by atoms with Gasteiger partial charge < -0.3 is 5.32 Å². The van der Waals surface area contributed by atoms with Gasteiger partial charge in [-0.1, -0.05) is 0 Å². The summed E-state index contributed by atoms with van der Waals surface area (Å²) < 4.78 is 0. The van der Waals surface area contributed by atoms with Crippen molar-refractivity contribution in [1.29, 1.82) is 0 Å². The Morgan fingerprint density at radius 3 is 2.53 bits per heavy atom. The van der Waals surface area contributed by atoms with Crippen LogP contribution in [-0.2, 0) is 6.54 Å². The van der Waals surface area contributed by atoms with Crippen molar-refractivity contribution >= 4 is 11.3 Å². The molecule has 1 aromatic heterocycles. The molecule has 2 aliphatic rings. The maximum absolute atomic E-state index is 4.66. The van der Waals surface area contributed by atoms with Crippen molar-refractivity contribution in [2.45, 2.75) is 52.1 Å². The van der Waals surface area contributed by atoms with Crippen LogP contribution in [0.2, 0.25) is 0 Å². The molecule has 0 spiro atoms. The molecule has 0 unspecified atom stereocenters. The zero-order chi connectivity index (χ0) is 13.2. The molecular formula is C15H25N3S. The molecule has 1 aromatic rings. The molecule has 106 valence electrons. The normalized spacial score (nSPS) is 22.0. The molecule has 2 heterocycles. The number of hydrogen-bond donors (Lipinski definition) is 1. The van der Waals surface area contributed by atoms with Crippen molar-refractivity contribution in [1.82, 2.24) is 15.2 Å². The molecule has 1 N–H and O–H groups in total. The molecule has 2 fully saturated rings. The fourth-order valence-corrected chi connectivity index (χ4v) is 3.74. The predicted octanol–water partition coefficient (Wildman–Crippen LogP) is 2.72. The van der Waals surface area contributed by atoms with Crippen LogP contribution in [0.15, 0.2) is 0 Å². The third-order valence-electron chi connectivity index (χ3n) is 4.41. The van der Waals surface area contributed by atoms with Crippen LogP contribution in [-0.4, -0.2) is 35.6 Å². The van der Waals surface area contributed by atoms with Crippen LogP contribution in [0.25, 0.3) is 0 Å². The lowest BCUT2D eigenvalue weighted by molar-refractivity contribution is 0.175. The average Bonchev–Trinajstić information content (AvgIpc) is 3.16. The summed E-state index contributed by atoms with van der Waals surface area (Å²) in [5.41, 5.74) is 1.21. The Labute approximate surface area is 120 Å². The van der Waals surface area contributed by atoms with Crippen LogP contribution in [0, 0.1) is 19.8 Å². The summed E-state index contributed by atoms with van der Waals surface area (Å²) >= 11 is 1.87. The van der Waals surface area contributed by atoms with E-state index < -0.39 is 0 Å². The van der Waals surface area contributed by atoms with Crippen molar-refractivity contribution in [3.05, 3.63) is 15.6 Å². The van der Waals surface area contributed by atoms with E-state index in [1.54, 1.807) is 0 Å². The van der Waals surface area contributed by atoms with Crippen LogP contribution in [0.1, 0.15) is 41.3 Å². The van der Waals surface area contributed by atoms with Crippen LogP contribution in [0.3, 0.4) is 0 Å². The molecule has 4 heteroatoms. The van der Waals surface area contributed by atoms with Crippen LogP contribution in [0.5, 0.6) is 0 Å². The quantitative estimate of drug-likeness (QED) is 0.898. The maximum atomic E-state index is 4.66. The Bertz CT molecular complexity index is 398. The van der Waals surface area contributed by atoms with Gasteiger partial charge in [0.15, 0.2) is 0 Å². The van der Waals surface area contributed by atoms with Gasteiger partial charge in [-0.3, -0.25) is 4.90 Å². The summed E-state index contributed by atoms with van der Waals surface area (Å²) in [7, 11) is 0. The summed E-state index contributed by atoms with van der Waals surface area (Å²) in [5, 5.41) is 4.97. The third-order valence-corrected chi connectivity index (χ3v) is 5.47. The second kappa shape index (κ2) is 5.90. The van der Waals surface area contributed by atoms with Crippen molar-refractivity contribution in [2.75, 3.05) is 19.6 Å². The zero-order valence-corrected chi connectivity index (χ0v) is 12.9. The smallest absolute Gasteiger partial charge is 0.107 e. The Kier molecular flexibility index (Phi) is 4.20. The molecule has 19 heavy (non-hydrogen) atoms. The predicted molar refractivity (Wildman–Crippen MR) is 80.6 cm³/mol. The van der Waals surface area contributed by atoms with Gasteiger partial charge in [-0.05, 0) is 65.1 Å². The van der Waals surface area contributed by atoms with Crippen molar-refractivity contribution in [3.63, 3.8) is 0 Å². The molecule has 1 saturated heterocycles. The number of rotatable bonds is 5. The van der Waals surface area contributed by atoms with Crippen molar-refractivity contribution in [2.24, 2.45) is 5.92 Å².